The van der Waals surface area contributed by atoms with Crippen LogP contribution in [0.2, 0.25) is 0 Å². The first kappa shape index (κ1) is 14.3. The molecular weight excluding hydrogens is 270 g/mol. The summed E-state index contributed by atoms with van der Waals surface area (Å²) in [6.45, 7) is 4.04. The first-order valence-electron chi connectivity index (χ1n) is 7.55. The van der Waals surface area contributed by atoms with Crippen LogP contribution in [-0.4, -0.2) is 40.5 Å². The van der Waals surface area contributed by atoms with E-state index in [0.29, 0.717) is 12.0 Å². The second-order valence-electron chi connectivity index (χ2n) is 5.80. The van der Waals surface area contributed by atoms with Gasteiger partial charge in [0.05, 0.1) is 11.8 Å². The molecule has 0 radical (unpaired) electrons. The van der Waals surface area contributed by atoms with E-state index in [9.17, 15) is 0 Å². The van der Waals surface area contributed by atoms with Crippen LogP contribution in [0.25, 0.3) is 0 Å². The average molecular weight is 293 g/mol. The molecule has 0 amide bonds. The lowest BCUT2D eigenvalue weighted by Gasteiger charge is -2.41. The minimum Gasteiger partial charge on any atom is -0.374 e. The minimum atomic E-state index is 0.141. The zero-order valence-electron chi connectivity index (χ0n) is 12.0. The van der Waals surface area contributed by atoms with E-state index >= 15 is 0 Å². The van der Waals surface area contributed by atoms with Gasteiger partial charge in [-0.15, -0.1) is 0 Å². The fraction of sp³-hybridized carbons (Fsp3) is 0.733. The zero-order chi connectivity index (χ0) is 13.8. The molecule has 2 saturated heterocycles. The second kappa shape index (κ2) is 6.41. The van der Waals surface area contributed by atoms with Crippen LogP contribution in [-0.2, 0) is 4.74 Å². The fourth-order valence-electron chi connectivity index (χ4n) is 3.47. The van der Waals surface area contributed by atoms with Gasteiger partial charge in [0.15, 0.2) is 0 Å². The molecule has 3 unspecified atom stereocenters. The van der Waals surface area contributed by atoms with Gasteiger partial charge in [0.1, 0.15) is 0 Å². The Bertz CT molecular complexity index is 422. The molecule has 3 atom stereocenters. The molecule has 3 rings (SSSR count). The summed E-state index contributed by atoms with van der Waals surface area (Å²) in [5, 5.41) is 11.6. The second-order valence-corrected chi connectivity index (χ2v) is 6.90. The maximum Gasteiger partial charge on any atom is 0.0783 e. The monoisotopic (exact) mass is 293 g/mol. The molecule has 0 saturated carbocycles. The van der Waals surface area contributed by atoms with Gasteiger partial charge in [-0.3, -0.25) is 0 Å². The van der Waals surface area contributed by atoms with Crippen LogP contribution in [0.1, 0.15) is 37.8 Å². The van der Waals surface area contributed by atoms with Crippen LogP contribution in [0.4, 0.5) is 0 Å². The number of hydrogen-bond donors (Lipinski definition) is 1. The maximum atomic E-state index is 6.14. The lowest BCUT2D eigenvalue weighted by molar-refractivity contribution is -0.0853. The Morgan fingerprint density at radius 2 is 2.50 bits per heavy atom. The standard InChI is InChI=1S/C15H23N3OS/c1-2-16-14(13-3-6-17-18-10-13)12-4-7-19-15(9-12)5-8-20-11-15/h3,6,10,12,14,16H,2,4-5,7-9,11H2,1H3. The summed E-state index contributed by atoms with van der Waals surface area (Å²) >= 11 is 2.03. The largest absolute Gasteiger partial charge is 0.374 e. The summed E-state index contributed by atoms with van der Waals surface area (Å²) in [7, 11) is 0. The van der Waals surface area contributed by atoms with Gasteiger partial charge in [-0.25, -0.2) is 0 Å². The summed E-state index contributed by atoms with van der Waals surface area (Å²) in [5.74, 6) is 3.04. The Balaban J connectivity index is 1.77. The normalized spacial score (nSPS) is 31.6. The third-order valence-electron chi connectivity index (χ3n) is 4.46. The lowest BCUT2D eigenvalue weighted by Crippen LogP contribution is -2.43. The molecule has 3 heterocycles. The van der Waals surface area contributed by atoms with Crippen molar-refractivity contribution in [2.75, 3.05) is 24.7 Å². The Labute approximate surface area is 125 Å². The van der Waals surface area contributed by atoms with Crippen molar-refractivity contribution in [3.63, 3.8) is 0 Å². The molecule has 0 aromatic carbocycles. The smallest absolute Gasteiger partial charge is 0.0783 e. The van der Waals surface area contributed by atoms with Crippen molar-refractivity contribution in [1.82, 2.24) is 15.5 Å². The molecule has 5 heteroatoms. The number of nitrogens with one attached hydrogen (secondary N) is 1. The highest BCUT2D eigenvalue weighted by atomic mass is 32.2. The van der Waals surface area contributed by atoms with Crippen molar-refractivity contribution in [2.45, 2.75) is 37.8 Å². The molecule has 110 valence electrons. The Hall–Kier alpha value is -0.650. The van der Waals surface area contributed by atoms with E-state index in [0.717, 1.165) is 25.3 Å². The van der Waals surface area contributed by atoms with E-state index < -0.39 is 0 Å². The number of nitrogens with zero attached hydrogens (tertiary/aromatic N) is 2. The highest BCUT2D eigenvalue weighted by molar-refractivity contribution is 7.99. The van der Waals surface area contributed by atoms with Crippen LogP contribution in [0, 0.1) is 5.92 Å². The third kappa shape index (κ3) is 3.00. The zero-order valence-corrected chi connectivity index (χ0v) is 12.9. The molecule has 2 fully saturated rings. The molecule has 4 nitrogen and oxygen atoms in total. The topological polar surface area (TPSA) is 47.0 Å². The van der Waals surface area contributed by atoms with Gasteiger partial charge in [-0.1, -0.05) is 6.92 Å². The number of ether oxygens (including phenoxy) is 1. The van der Waals surface area contributed by atoms with Crippen molar-refractivity contribution in [3.05, 3.63) is 24.0 Å². The molecule has 2 aliphatic rings. The summed E-state index contributed by atoms with van der Waals surface area (Å²) in [6, 6.07) is 2.47. The van der Waals surface area contributed by atoms with Gasteiger partial charge in [0.25, 0.3) is 0 Å². The predicted molar refractivity (Wildman–Crippen MR) is 81.8 cm³/mol. The van der Waals surface area contributed by atoms with Gasteiger partial charge in [-0.2, -0.15) is 22.0 Å². The van der Waals surface area contributed by atoms with Gasteiger partial charge in [-0.05, 0) is 49.1 Å². The maximum absolute atomic E-state index is 6.14. The van der Waals surface area contributed by atoms with Gasteiger partial charge in [0.2, 0.25) is 0 Å². The number of rotatable bonds is 4. The van der Waals surface area contributed by atoms with Crippen molar-refractivity contribution in [2.24, 2.45) is 5.92 Å². The van der Waals surface area contributed by atoms with E-state index in [1.54, 1.807) is 6.20 Å². The van der Waals surface area contributed by atoms with Crippen molar-refractivity contribution in [3.8, 4) is 0 Å². The summed E-state index contributed by atoms with van der Waals surface area (Å²) in [5.41, 5.74) is 1.40. The van der Waals surface area contributed by atoms with Gasteiger partial charge >= 0.3 is 0 Å². The molecule has 20 heavy (non-hydrogen) atoms. The fourth-order valence-corrected chi connectivity index (χ4v) is 4.85. The van der Waals surface area contributed by atoms with Crippen molar-refractivity contribution < 1.29 is 4.74 Å². The first-order valence-corrected chi connectivity index (χ1v) is 8.70. The SMILES string of the molecule is CCNC(c1ccnnc1)C1CCOC2(CCSC2)C1. The molecule has 0 aliphatic carbocycles. The Morgan fingerprint density at radius 1 is 1.55 bits per heavy atom. The minimum absolute atomic E-state index is 0.141. The van der Waals surface area contributed by atoms with Crippen LogP contribution in [0.15, 0.2) is 18.5 Å². The molecule has 2 aliphatic heterocycles. The van der Waals surface area contributed by atoms with E-state index in [1.807, 2.05) is 18.0 Å². The first-order chi connectivity index (χ1) is 9.83. The van der Waals surface area contributed by atoms with E-state index in [2.05, 4.69) is 28.5 Å². The molecular formula is C15H23N3OS. The highest BCUT2D eigenvalue weighted by Crippen LogP contribution is 2.43. The molecule has 1 N–H and O–H groups in total. The summed E-state index contributed by atoms with van der Waals surface area (Å²) < 4.78 is 6.14. The van der Waals surface area contributed by atoms with Gasteiger partial charge < -0.3 is 10.1 Å². The number of thioether (sulfide) groups is 1. The van der Waals surface area contributed by atoms with Crippen molar-refractivity contribution >= 4 is 11.8 Å². The number of aromatic nitrogens is 2. The molecule has 0 bridgehead atoms. The van der Waals surface area contributed by atoms with Crippen LogP contribution < -0.4 is 5.32 Å². The Kier molecular flexibility index (Phi) is 4.58. The lowest BCUT2D eigenvalue weighted by atomic mass is 9.79. The van der Waals surface area contributed by atoms with Crippen LogP contribution in [0.3, 0.4) is 0 Å². The third-order valence-corrected chi connectivity index (χ3v) is 5.68. The van der Waals surface area contributed by atoms with Crippen molar-refractivity contribution in [1.29, 1.82) is 0 Å². The predicted octanol–water partition coefficient (Wildman–Crippen LogP) is 2.43. The van der Waals surface area contributed by atoms with Gasteiger partial charge in [0, 0.05) is 24.6 Å². The average Bonchev–Trinajstić information content (AvgIpc) is 2.93. The molecule has 1 aromatic heterocycles. The molecule has 1 aromatic rings. The Morgan fingerprint density at radius 3 is 3.20 bits per heavy atom. The van der Waals surface area contributed by atoms with Crippen LogP contribution in [0.5, 0.6) is 0 Å². The molecule has 1 spiro atoms. The number of hydrogen-bond acceptors (Lipinski definition) is 5. The summed E-state index contributed by atoms with van der Waals surface area (Å²) in [4.78, 5) is 0. The van der Waals surface area contributed by atoms with Crippen LogP contribution >= 0.6 is 11.8 Å². The highest BCUT2D eigenvalue weighted by Gasteiger charge is 2.42. The summed E-state index contributed by atoms with van der Waals surface area (Å²) in [6.07, 6.45) is 7.20. The van der Waals surface area contributed by atoms with E-state index in [1.165, 1.54) is 24.2 Å². The van der Waals surface area contributed by atoms with E-state index in [4.69, 9.17) is 4.74 Å². The quantitative estimate of drug-likeness (QED) is 0.924. The van der Waals surface area contributed by atoms with E-state index in [-0.39, 0.29) is 5.60 Å².